The number of halogens is 1. The number of anilines is 1. The van der Waals surface area contributed by atoms with E-state index in [4.69, 9.17) is 10.00 Å². The standard InChI is InChI=1S/C17H15FN2O/c1-2-9-21-16-6-3-13(4-7-16)12-20-17-8-5-15(18)10-14(17)11-19/h2-8,10,20H,1,9,12H2. The van der Waals surface area contributed by atoms with E-state index >= 15 is 0 Å². The predicted molar refractivity (Wildman–Crippen MR) is 80.6 cm³/mol. The highest BCUT2D eigenvalue weighted by Crippen LogP contribution is 2.18. The molecule has 0 saturated heterocycles. The molecule has 0 saturated carbocycles. The predicted octanol–water partition coefficient (Wildman–Crippen LogP) is 3.87. The van der Waals surface area contributed by atoms with Gasteiger partial charge >= 0.3 is 0 Å². The third-order valence-electron chi connectivity index (χ3n) is 2.88. The minimum absolute atomic E-state index is 0.293. The van der Waals surface area contributed by atoms with Gasteiger partial charge in [0.25, 0.3) is 0 Å². The van der Waals surface area contributed by atoms with E-state index in [0.717, 1.165) is 11.3 Å². The molecule has 0 aromatic heterocycles. The molecule has 0 unspecified atom stereocenters. The van der Waals surface area contributed by atoms with Crippen molar-refractivity contribution in [2.75, 3.05) is 11.9 Å². The minimum atomic E-state index is -0.416. The second-order valence-electron chi connectivity index (χ2n) is 4.40. The average Bonchev–Trinajstić information content (AvgIpc) is 2.52. The lowest BCUT2D eigenvalue weighted by molar-refractivity contribution is 0.363. The lowest BCUT2D eigenvalue weighted by atomic mass is 10.1. The summed E-state index contributed by atoms with van der Waals surface area (Å²) in [5, 5.41) is 12.1. The first-order valence-electron chi connectivity index (χ1n) is 6.49. The Kier molecular flexibility index (Phi) is 4.94. The Morgan fingerprint density at radius 2 is 2.00 bits per heavy atom. The SMILES string of the molecule is C=CCOc1ccc(CNc2ccc(F)cc2C#N)cc1. The van der Waals surface area contributed by atoms with E-state index < -0.39 is 5.82 Å². The van der Waals surface area contributed by atoms with Crippen LogP contribution in [0.1, 0.15) is 11.1 Å². The first-order valence-corrected chi connectivity index (χ1v) is 6.49. The molecule has 2 rings (SSSR count). The van der Waals surface area contributed by atoms with Crippen LogP contribution in [-0.2, 0) is 6.54 Å². The zero-order valence-corrected chi connectivity index (χ0v) is 11.5. The molecule has 106 valence electrons. The topological polar surface area (TPSA) is 45.0 Å². The molecule has 0 atom stereocenters. The quantitative estimate of drug-likeness (QED) is 0.818. The molecular formula is C17H15FN2O. The van der Waals surface area contributed by atoms with Gasteiger partial charge in [-0.15, -0.1) is 0 Å². The van der Waals surface area contributed by atoms with Gasteiger partial charge in [-0.05, 0) is 35.9 Å². The molecule has 2 aromatic carbocycles. The lowest BCUT2D eigenvalue weighted by Gasteiger charge is -2.09. The third kappa shape index (κ3) is 4.08. The van der Waals surface area contributed by atoms with E-state index in [1.165, 1.54) is 12.1 Å². The first-order chi connectivity index (χ1) is 10.2. The third-order valence-corrected chi connectivity index (χ3v) is 2.88. The van der Waals surface area contributed by atoms with Crippen molar-refractivity contribution in [1.82, 2.24) is 0 Å². The van der Waals surface area contributed by atoms with Gasteiger partial charge in [0.05, 0.1) is 11.3 Å². The van der Waals surface area contributed by atoms with Crippen LogP contribution in [0.5, 0.6) is 5.75 Å². The normalized spacial score (nSPS) is 9.71. The zero-order chi connectivity index (χ0) is 15.1. The highest BCUT2D eigenvalue weighted by Gasteiger charge is 2.03. The highest BCUT2D eigenvalue weighted by atomic mass is 19.1. The lowest BCUT2D eigenvalue weighted by Crippen LogP contribution is -2.02. The summed E-state index contributed by atoms with van der Waals surface area (Å²) in [6.45, 7) is 4.61. The van der Waals surface area contributed by atoms with Crippen LogP contribution in [0.3, 0.4) is 0 Å². The van der Waals surface area contributed by atoms with E-state index in [9.17, 15) is 4.39 Å². The van der Waals surface area contributed by atoms with Crippen molar-refractivity contribution in [3.8, 4) is 11.8 Å². The molecule has 4 heteroatoms. The van der Waals surface area contributed by atoms with Gasteiger partial charge in [-0.1, -0.05) is 24.8 Å². The average molecular weight is 282 g/mol. The molecule has 0 aliphatic heterocycles. The van der Waals surface area contributed by atoms with Crippen molar-refractivity contribution in [2.24, 2.45) is 0 Å². The van der Waals surface area contributed by atoms with Gasteiger partial charge in [0.15, 0.2) is 0 Å². The largest absolute Gasteiger partial charge is 0.490 e. The minimum Gasteiger partial charge on any atom is -0.490 e. The van der Waals surface area contributed by atoms with Gasteiger partial charge in [0.2, 0.25) is 0 Å². The molecule has 2 aromatic rings. The van der Waals surface area contributed by atoms with Gasteiger partial charge in [-0.25, -0.2) is 4.39 Å². The molecule has 0 amide bonds. The van der Waals surface area contributed by atoms with Crippen molar-refractivity contribution in [3.63, 3.8) is 0 Å². The number of nitrogens with zero attached hydrogens (tertiary/aromatic N) is 1. The molecule has 0 aliphatic carbocycles. The smallest absolute Gasteiger partial charge is 0.124 e. The van der Waals surface area contributed by atoms with Gasteiger partial charge in [0, 0.05) is 6.54 Å². The molecule has 21 heavy (non-hydrogen) atoms. The number of nitrogens with one attached hydrogen (secondary N) is 1. The fourth-order valence-electron chi connectivity index (χ4n) is 1.82. The molecule has 0 radical (unpaired) electrons. The second kappa shape index (κ2) is 7.11. The second-order valence-corrected chi connectivity index (χ2v) is 4.40. The van der Waals surface area contributed by atoms with Crippen LogP contribution in [0.15, 0.2) is 55.1 Å². The number of rotatable bonds is 6. The van der Waals surface area contributed by atoms with Crippen LogP contribution in [-0.4, -0.2) is 6.61 Å². The fourth-order valence-corrected chi connectivity index (χ4v) is 1.82. The van der Waals surface area contributed by atoms with Crippen LogP contribution in [0.2, 0.25) is 0 Å². The summed E-state index contributed by atoms with van der Waals surface area (Å²) in [5.41, 5.74) is 1.95. The van der Waals surface area contributed by atoms with Crippen LogP contribution in [0, 0.1) is 17.1 Å². The molecule has 1 N–H and O–H groups in total. The van der Waals surface area contributed by atoms with Crippen LogP contribution in [0.25, 0.3) is 0 Å². The molecule has 0 fully saturated rings. The molecule has 0 aliphatic rings. The zero-order valence-electron chi connectivity index (χ0n) is 11.5. The van der Waals surface area contributed by atoms with Crippen molar-refractivity contribution in [1.29, 1.82) is 5.26 Å². The Bertz CT molecular complexity index is 659. The van der Waals surface area contributed by atoms with Crippen molar-refractivity contribution >= 4 is 5.69 Å². The van der Waals surface area contributed by atoms with E-state index in [1.807, 2.05) is 30.3 Å². The maximum atomic E-state index is 13.0. The van der Waals surface area contributed by atoms with Crippen LogP contribution in [0.4, 0.5) is 10.1 Å². The van der Waals surface area contributed by atoms with Gasteiger partial charge in [-0.2, -0.15) is 5.26 Å². The fraction of sp³-hybridized carbons (Fsp3) is 0.118. The number of ether oxygens (including phenoxy) is 1. The summed E-state index contributed by atoms with van der Waals surface area (Å²) in [6, 6.07) is 13.7. The summed E-state index contributed by atoms with van der Waals surface area (Å²) >= 11 is 0. The van der Waals surface area contributed by atoms with E-state index in [2.05, 4.69) is 11.9 Å². The summed E-state index contributed by atoms with van der Waals surface area (Å²) in [4.78, 5) is 0. The van der Waals surface area contributed by atoms with Crippen LogP contribution < -0.4 is 10.1 Å². The van der Waals surface area contributed by atoms with Crippen molar-refractivity contribution < 1.29 is 9.13 Å². The summed E-state index contributed by atoms with van der Waals surface area (Å²) in [6.07, 6.45) is 1.69. The Morgan fingerprint density at radius 1 is 1.24 bits per heavy atom. The monoisotopic (exact) mass is 282 g/mol. The number of hydrogen-bond acceptors (Lipinski definition) is 3. The number of nitriles is 1. The van der Waals surface area contributed by atoms with E-state index in [0.29, 0.717) is 24.4 Å². The molecule has 0 spiro atoms. The van der Waals surface area contributed by atoms with Crippen LogP contribution >= 0.6 is 0 Å². The van der Waals surface area contributed by atoms with E-state index in [-0.39, 0.29) is 0 Å². The van der Waals surface area contributed by atoms with Crippen molar-refractivity contribution in [2.45, 2.75) is 6.54 Å². The Balaban J connectivity index is 2.00. The molecule has 0 heterocycles. The highest BCUT2D eigenvalue weighted by molar-refractivity contribution is 5.57. The number of hydrogen-bond donors (Lipinski definition) is 1. The summed E-state index contributed by atoms with van der Waals surface area (Å²) < 4.78 is 18.4. The van der Waals surface area contributed by atoms with Gasteiger partial charge in [-0.3, -0.25) is 0 Å². The summed E-state index contributed by atoms with van der Waals surface area (Å²) in [7, 11) is 0. The van der Waals surface area contributed by atoms with E-state index in [1.54, 1.807) is 12.1 Å². The Morgan fingerprint density at radius 3 is 2.67 bits per heavy atom. The number of benzene rings is 2. The maximum absolute atomic E-state index is 13.0. The van der Waals surface area contributed by atoms with Gasteiger partial charge < -0.3 is 10.1 Å². The Labute approximate surface area is 123 Å². The van der Waals surface area contributed by atoms with Gasteiger partial charge in [0.1, 0.15) is 24.2 Å². The Hall–Kier alpha value is -2.80. The maximum Gasteiger partial charge on any atom is 0.124 e. The first kappa shape index (κ1) is 14.6. The molecule has 0 bridgehead atoms. The molecule has 3 nitrogen and oxygen atoms in total. The summed E-state index contributed by atoms with van der Waals surface area (Å²) in [5.74, 6) is 0.360. The molecular weight excluding hydrogens is 267 g/mol. The van der Waals surface area contributed by atoms with Crippen molar-refractivity contribution in [3.05, 3.63) is 72.1 Å².